The molecule has 0 aliphatic carbocycles. The molecule has 0 fully saturated rings. The smallest absolute Gasteiger partial charge is 0.390 e. The van der Waals surface area contributed by atoms with Gasteiger partial charge in [-0.25, -0.2) is 4.98 Å². The summed E-state index contributed by atoms with van der Waals surface area (Å²) in [6.07, 6.45) is -5.34. The minimum Gasteiger partial charge on any atom is -0.486 e. The first-order valence-corrected chi connectivity index (χ1v) is 8.76. The topological polar surface area (TPSA) is 47.4 Å². The summed E-state index contributed by atoms with van der Waals surface area (Å²) in [6.45, 7) is -0.356. The molecule has 2 aromatic carbocycles. The van der Waals surface area contributed by atoms with Crippen molar-refractivity contribution in [3.63, 3.8) is 0 Å². The van der Waals surface area contributed by atoms with Gasteiger partial charge in [-0.15, -0.1) is 0 Å². The zero-order chi connectivity index (χ0) is 20.1. The van der Waals surface area contributed by atoms with Gasteiger partial charge in [0.2, 0.25) is 5.91 Å². The first-order chi connectivity index (χ1) is 13.3. The van der Waals surface area contributed by atoms with Crippen molar-refractivity contribution >= 4 is 16.9 Å². The standard InChI is InChI=1S/C20H20F3N3O2/c1-25(12-11-20(21,22)23)19(27)13-26-17-10-6-5-9-16(17)24-18(26)14-28-15-7-3-2-4-8-15/h2-10H,11-14H2,1H3. The average Bonchev–Trinajstić information content (AvgIpc) is 3.02. The van der Waals surface area contributed by atoms with Crippen molar-refractivity contribution in [3.8, 4) is 5.75 Å². The molecule has 0 saturated heterocycles. The van der Waals surface area contributed by atoms with Crippen molar-refractivity contribution in [2.75, 3.05) is 13.6 Å². The second kappa shape index (κ2) is 8.33. The average molecular weight is 391 g/mol. The van der Waals surface area contributed by atoms with Crippen LogP contribution in [0.15, 0.2) is 54.6 Å². The van der Waals surface area contributed by atoms with E-state index in [9.17, 15) is 18.0 Å². The van der Waals surface area contributed by atoms with Gasteiger partial charge in [-0.05, 0) is 24.3 Å². The molecule has 1 aromatic heterocycles. The van der Waals surface area contributed by atoms with Gasteiger partial charge in [0.15, 0.2) is 0 Å². The molecule has 148 valence electrons. The highest BCUT2D eigenvalue weighted by molar-refractivity contribution is 5.81. The molecule has 0 saturated carbocycles. The highest BCUT2D eigenvalue weighted by Gasteiger charge is 2.28. The van der Waals surface area contributed by atoms with E-state index in [2.05, 4.69) is 4.98 Å². The third kappa shape index (κ3) is 5.03. The van der Waals surface area contributed by atoms with Gasteiger partial charge in [-0.1, -0.05) is 30.3 Å². The summed E-state index contributed by atoms with van der Waals surface area (Å²) in [5.74, 6) is 0.769. The van der Waals surface area contributed by atoms with Crippen LogP contribution >= 0.6 is 0 Å². The Morgan fingerprint density at radius 1 is 1.11 bits per heavy atom. The molecule has 0 aliphatic heterocycles. The van der Waals surface area contributed by atoms with Crippen molar-refractivity contribution in [1.82, 2.24) is 14.5 Å². The number of carbonyl (C=O) groups is 1. The lowest BCUT2D eigenvalue weighted by molar-refractivity contribution is -0.144. The van der Waals surface area contributed by atoms with Crippen LogP contribution in [-0.2, 0) is 17.9 Å². The Hall–Kier alpha value is -3.03. The number of imidazole rings is 1. The van der Waals surface area contributed by atoms with Crippen LogP contribution in [0.25, 0.3) is 11.0 Å². The molecule has 0 unspecified atom stereocenters. The zero-order valence-corrected chi connectivity index (χ0v) is 15.3. The normalized spacial score (nSPS) is 11.6. The minimum absolute atomic E-state index is 0.109. The number of para-hydroxylation sites is 3. The van der Waals surface area contributed by atoms with E-state index in [-0.39, 0.29) is 19.7 Å². The van der Waals surface area contributed by atoms with Crippen molar-refractivity contribution < 1.29 is 22.7 Å². The van der Waals surface area contributed by atoms with Crippen LogP contribution in [0.2, 0.25) is 0 Å². The molecule has 0 aliphatic rings. The number of likely N-dealkylation sites (N-methyl/N-ethyl adjacent to an activating group) is 1. The van der Waals surface area contributed by atoms with Gasteiger partial charge in [-0.2, -0.15) is 13.2 Å². The summed E-state index contributed by atoms with van der Waals surface area (Å²) in [6, 6.07) is 16.5. The lowest BCUT2D eigenvalue weighted by atomic mass is 10.3. The second-order valence-electron chi connectivity index (χ2n) is 6.39. The molecule has 3 aromatic rings. The summed E-state index contributed by atoms with van der Waals surface area (Å²) >= 11 is 0. The first kappa shape index (κ1) is 19.7. The van der Waals surface area contributed by atoms with Crippen LogP contribution in [-0.4, -0.2) is 40.1 Å². The third-order valence-corrected chi connectivity index (χ3v) is 4.29. The van der Waals surface area contributed by atoms with Gasteiger partial charge in [0.25, 0.3) is 0 Å². The summed E-state index contributed by atoms with van der Waals surface area (Å²) in [5, 5.41) is 0. The van der Waals surface area contributed by atoms with Crippen LogP contribution in [0, 0.1) is 0 Å². The summed E-state index contributed by atoms with van der Waals surface area (Å²) in [4.78, 5) is 18.1. The Bertz CT molecular complexity index is 939. The van der Waals surface area contributed by atoms with Crippen molar-refractivity contribution in [1.29, 1.82) is 0 Å². The first-order valence-electron chi connectivity index (χ1n) is 8.76. The molecule has 28 heavy (non-hydrogen) atoms. The highest BCUT2D eigenvalue weighted by atomic mass is 19.4. The molecule has 1 heterocycles. The van der Waals surface area contributed by atoms with Crippen molar-refractivity contribution in [2.45, 2.75) is 25.7 Å². The van der Waals surface area contributed by atoms with E-state index in [0.717, 1.165) is 10.4 Å². The predicted molar refractivity (Wildman–Crippen MR) is 98.8 cm³/mol. The number of ether oxygens (including phenoxy) is 1. The minimum atomic E-state index is -4.30. The maximum atomic E-state index is 12.5. The van der Waals surface area contributed by atoms with E-state index in [1.54, 1.807) is 4.57 Å². The fourth-order valence-corrected chi connectivity index (χ4v) is 2.75. The lowest BCUT2D eigenvalue weighted by Crippen LogP contribution is -2.33. The number of carbonyl (C=O) groups excluding carboxylic acids is 1. The Labute approximate surface area is 160 Å². The van der Waals surface area contributed by atoms with Gasteiger partial charge in [0.05, 0.1) is 17.5 Å². The number of nitrogens with zero attached hydrogens (tertiary/aromatic N) is 3. The van der Waals surface area contributed by atoms with Crippen molar-refractivity contribution in [3.05, 3.63) is 60.4 Å². The van der Waals surface area contributed by atoms with Gasteiger partial charge >= 0.3 is 6.18 Å². The SMILES string of the molecule is CN(CCC(F)(F)F)C(=O)Cn1c(COc2ccccc2)nc2ccccc21. The highest BCUT2D eigenvalue weighted by Crippen LogP contribution is 2.21. The van der Waals surface area contributed by atoms with E-state index < -0.39 is 18.5 Å². The van der Waals surface area contributed by atoms with Crippen LogP contribution in [0.1, 0.15) is 12.2 Å². The molecule has 5 nitrogen and oxygen atoms in total. The molecule has 0 atom stereocenters. The maximum absolute atomic E-state index is 12.5. The number of halogens is 3. The monoisotopic (exact) mass is 391 g/mol. The Morgan fingerprint density at radius 3 is 2.50 bits per heavy atom. The maximum Gasteiger partial charge on any atom is 0.390 e. The van der Waals surface area contributed by atoms with Crippen LogP contribution in [0.5, 0.6) is 5.75 Å². The largest absolute Gasteiger partial charge is 0.486 e. The van der Waals surface area contributed by atoms with Gasteiger partial charge in [-0.3, -0.25) is 4.79 Å². The van der Waals surface area contributed by atoms with Gasteiger partial charge < -0.3 is 14.2 Å². The third-order valence-electron chi connectivity index (χ3n) is 4.29. The molecule has 0 bridgehead atoms. The molecular formula is C20H20F3N3O2. The van der Waals surface area contributed by atoms with Crippen molar-refractivity contribution in [2.24, 2.45) is 0 Å². The van der Waals surface area contributed by atoms with Gasteiger partial charge in [0.1, 0.15) is 24.7 Å². The molecule has 3 rings (SSSR count). The van der Waals surface area contributed by atoms with Crippen LogP contribution < -0.4 is 4.74 Å². The summed E-state index contributed by atoms with van der Waals surface area (Å²) < 4.78 is 44.7. The number of fused-ring (bicyclic) bond motifs is 1. The molecule has 0 radical (unpaired) electrons. The van der Waals surface area contributed by atoms with E-state index in [1.807, 2.05) is 54.6 Å². The quantitative estimate of drug-likeness (QED) is 0.611. The summed E-state index contributed by atoms with van der Waals surface area (Å²) in [5.41, 5.74) is 1.42. The van der Waals surface area contributed by atoms with Crippen LogP contribution in [0.4, 0.5) is 13.2 Å². The number of hydrogen-bond donors (Lipinski definition) is 0. The van der Waals surface area contributed by atoms with E-state index in [0.29, 0.717) is 17.1 Å². The number of benzene rings is 2. The Balaban J connectivity index is 1.77. The van der Waals surface area contributed by atoms with E-state index in [4.69, 9.17) is 4.74 Å². The predicted octanol–water partition coefficient (Wildman–Crippen LogP) is 4.03. The fraction of sp³-hybridized carbons (Fsp3) is 0.300. The number of aromatic nitrogens is 2. The number of alkyl halides is 3. The Kier molecular flexibility index (Phi) is 5.87. The second-order valence-corrected chi connectivity index (χ2v) is 6.39. The number of rotatable bonds is 7. The molecule has 0 N–H and O–H groups in total. The fourth-order valence-electron chi connectivity index (χ4n) is 2.75. The van der Waals surface area contributed by atoms with E-state index in [1.165, 1.54) is 7.05 Å². The molecular weight excluding hydrogens is 371 g/mol. The van der Waals surface area contributed by atoms with Crippen LogP contribution in [0.3, 0.4) is 0 Å². The molecule has 1 amide bonds. The zero-order valence-electron chi connectivity index (χ0n) is 15.3. The number of hydrogen-bond acceptors (Lipinski definition) is 3. The number of amides is 1. The summed E-state index contributed by atoms with van der Waals surface area (Å²) in [7, 11) is 1.37. The molecule has 0 spiro atoms. The lowest BCUT2D eigenvalue weighted by Gasteiger charge is -2.19. The molecule has 8 heteroatoms. The van der Waals surface area contributed by atoms with E-state index >= 15 is 0 Å². The van der Waals surface area contributed by atoms with Gasteiger partial charge in [0, 0.05) is 13.6 Å². The Morgan fingerprint density at radius 2 is 1.79 bits per heavy atom.